The summed E-state index contributed by atoms with van der Waals surface area (Å²) in [7, 11) is 1.57. The molecule has 1 aliphatic rings. The molecule has 0 fully saturated rings. The first-order chi connectivity index (χ1) is 16.9. The van der Waals surface area contributed by atoms with Crippen LogP contribution in [-0.2, 0) is 19.0 Å². The van der Waals surface area contributed by atoms with Crippen molar-refractivity contribution in [3.8, 4) is 11.4 Å². The fraction of sp³-hybridized carbons (Fsp3) is 0.280. The third-order valence-electron chi connectivity index (χ3n) is 5.78. The van der Waals surface area contributed by atoms with Gasteiger partial charge in [-0.3, -0.25) is 9.36 Å². The van der Waals surface area contributed by atoms with Gasteiger partial charge in [0.2, 0.25) is 0 Å². The molecule has 0 saturated carbocycles. The van der Waals surface area contributed by atoms with E-state index in [0.29, 0.717) is 38.4 Å². The van der Waals surface area contributed by atoms with Crippen LogP contribution in [0.1, 0.15) is 22.4 Å². The fourth-order valence-electron chi connectivity index (χ4n) is 4.20. The molecule has 0 spiro atoms. The number of benzene rings is 2. The van der Waals surface area contributed by atoms with Gasteiger partial charge in [-0.2, -0.15) is 13.2 Å². The molecular weight excluding hydrogens is 513 g/mol. The van der Waals surface area contributed by atoms with Gasteiger partial charge < -0.3 is 4.74 Å². The molecular formula is C25H21F3N2O2S3. The largest absolute Gasteiger partial charge is 0.495 e. The Morgan fingerprint density at radius 3 is 2.69 bits per heavy atom. The van der Waals surface area contributed by atoms with Crippen LogP contribution in [0.15, 0.2) is 63.4 Å². The van der Waals surface area contributed by atoms with Crippen LogP contribution in [0.3, 0.4) is 0 Å². The molecule has 0 N–H and O–H groups in total. The van der Waals surface area contributed by atoms with Crippen molar-refractivity contribution in [2.75, 3.05) is 18.6 Å². The van der Waals surface area contributed by atoms with Crippen LogP contribution in [0.2, 0.25) is 0 Å². The SMILES string of the molecule is COc1ccccc1-n1c(SCCSc2cccc(C(F)(F)F)c2)nc2sc3c(c2c1=O)CCC3. The highest BCUT2D eigenvalue weighted by Gasteiger charge is 2.30. The molecule has 35 heavy (non-hydrogen) atoms. The number of hydrogen-bond donors (Lipinski definition) is 0. The first-order valence-electron chi connectivity index (χ1n) is 11.0. The molecule has 0 atom stereocenters. The second kappa shape index (κ2) is 9.91. The highest BCUT2D eigenvalue weighted by molar-refractivity contribution is 8.02. The Labute approximate surface area is 212 Å². The summed E-state index contributed by atoms with van der Waals surface area (Å²) in [6.45, 7) is 0. The Balaban J connectivity index is 1.45. The second-order valence-electron chi connectivity index (χ2n) is 7.97. The number of aromatic nitrogens is 2. The normalized spacial score (nSPS) is 13.4. The summed E-state index contributed by atoms with van der Waals surface area (Å²) in [6, 6.07) is 12.7. The molecule has 0 amide bonds. The van der Waals surface area contributed by atoms with Gasteiger partial charge in [0, 0.05) is 21.3 Å². The minimum atomic E-state index is -4.36. The third-order valence-corrected chi connectivity index (χ3v) is 9.16. The van der Waals surface area contributed by atoms with Crippen LogP contribution in [0.25, 0.3) is 15.9 Å². The maximum absolute atomic E-state index is 13.8. The Hall–Kier alpha value is -2.43. The molecule has 182 valence electrons. The number of thioether (sulfide) groups is 2. The number of para-hydroxylation sites is 2. The minimum Gasteiger partial charge on any atom is -0.495 e. The van der Waals surface area contributed by atoms with Crippen LogP contribution in [0.4, 0.5) is 13.2 Å². The summed E-state index contributed by atoms with van der Waals surface area (Å²) < 4.78 is 46.2. The topological polar surface area (TPSA) is 44.1 Å². The van der Waals surface area contributed by atoms with Gasteiger partial charge in [0.25, 0.3) is 5.56 Å². The van der Waals surface area contributed by atoms with Crippen molar-refractivity contribution < 1.29 is 17.9 Å². The zero-order valence-corrected chi connectivity index (χ0v) is 21.2. The predicted molar refractivity (Wildman–Crippen MR) is 137 cm³/mol. The lowest BCUT2D eigenvalue weighted by atomic mass is 10.2. The molecule has 10 heteroatoms. The molecule has 0 radical (unpaired) electrons. The van der Waals surface area contributed by atoms with Crippen molar-refractivity contribution in [2.45, 2.75) is 35.5 Å². The average molecular weight is 535 g/mol. The van der Waals surface area contributed by atoms with Crippen LogP contribution < -0.4 is 10.3 Å². The van der Waals surface area contributed by atoms with E-state index in [2.05, 4.69) is 0 Å². The summed E-state index contributed by atoms with van der Waals surface area (Å²) in [5.41, 5.74) is 0.980. The molecule has 0 bridgehead atoms. The Morgan fingerprint density at radius 1 is 1.09 bits per heavy atom. The lowest BCUT2D eigenvalue weighted by Crippen LogP contribution is -2.22. The van der Waals surface area contributed by atoms with E-state index >= 15 is 0 Å². The molecule has 2 aromatic carbocycles. The number of alkyl halides is 3. The molecule has 2 aromatic heterocycles. The number of ether oxygens (including phenoxy) is 1. The molecule has 0 unspecified atom stereocenters. The van der Waals surface area contributed by atoms with Crippen LogP contribution in [-0.4, -0.2) is 28.2 Å². The first-order valence-corrected chi connectivity index (χ1v) is 13.8. The molecule has 2 heterocycles. The van der Waals surface area contributed by atoms with Gasteiger partial charge in [0.05, 0.1) is 23.7 Å². The number of thiophene rings is 1. The highest BCUT2D eigenvalue weighted by atomic mass is 32.2. The predicted octanol–water partition coefficient (Wildman–Crippen LogP) is 6.85. The van der Waals surface area contributed by atoms with E-state index in [1.807, 2.05) is 24.3 Å². The number of methoxy groups -OCH3 is 1. The van der Waals surface area contributed by atoms with E-state index < -0.39 is 11.7 Å². The molecule has 1 aliphatic carbocycles. The van der Waals surface area contributed by atoms with Gasteiger partial charge in [-0.25, -0.2) is 4.98 Å². The van der Waals surface area contributed by atoms with Crippen molar-refractivity contribution in [3.05, 3.63) is 74.9 Å². The third kappa shape index (κ3) is 4.83. The van der Waals surface area contributed by atoms with Gasteiger partial charge in [-0.15, -0.1) is 23.1 Å². The summed E-state index contributed by atoms with van der Waals surface area (Å²) in [5, 5.41) is 1.24. The Bertz CT molecular complexity index is 1450. The van der Waals surface area contributed by atoms with Gasteiger partial charge >= 0.3 is 6.18 Å². The van der Waals surface area contributed by atoms with Crippen molar-refractivity contribution in [2.24, 2.45) is 0 Å². The Morgan fingerprint density at radius 2 is 1.89 bits per heavy atom. The number of hydrogen-bond acceptors (Lipinski definition) is 6. The zero-order valence-electron chi connectivity index (χ0n) is 18.7. The molecule has 4 nitrogen and oxygen atoms in total. The Kier molecular flexibility index (Phi) is 6.87. The molecule has 0 saturated heterocycles. The second-order valence-corrected chi connectivity index (χ2v) is 11.3. The fourth-order valence-corrected chi connectivity index (χ4v) is 7.45. The van der Waals surface area contributed by atoms with Crippen LogP contribution >= 0.6 is 34.9 Å². The quantitative estimate of drug-likeness (QED) is 0.147. The zero-order chi connectivity index (χ0) is 24.6. The van der Waals surface area contributed by atoms with E-state index in [-0.39, 0.29) is 5.56 Å². The lowest BCUT2D eigenvalue weighted by molar-refractivity contribution is -0.137. The highest BCUT2D eigenvalue weighted by Crippen LogP contribution is 2.37. The number of fused-ring (bicyclic) bond motifs is 3. The monoisotopic (exact) mass is 534 g/mol. The van der Waals surface area contributed by atoms with Gasteiger partial charge in [0.1, 0.15) is 10.6 Å². The smallest absolute Gasteiger partial charge is 0.416 e. The maximum Gasteiger partial charge on any atom is 0.416 e. The van der Waals surface area contributed by atoms with Crippen molar-refractivity contribution in [3.63, 3.8) is 0 Å². The van der Waals surface area contributed by atoms with E-state index in [1.165, 1.54) is 34.5 Å². The van der Waals surface area contributed by atoms with Crippen LogP contribution in [0, 0.1) is 0 Å². The standard InChI is InChI=1S/C25H21F3N2O2S3/c1-32-19-10-3-2-9-18(19)30-23(31)21-17-8-5-11-20(17)35-22(21)29-24(30)34-13-12-33-16-7-4-6-15(14-16)25(26,27)28/h2-4,6-7,9-10,14H,5,8,11-13H2,1H3. The van der Waals surface area contributed by atoms with Gasteiger partial charge in [-0.05, 0) is 55.2 Å². The van der Waals surface area contributed by atoms with Crippen LogP contribution in [0.5, 0.6) is 5.75 Å². The minimum absolute atomic E-state index is 0.105. The number of rotatable bonds is 7. The number of aryl methyl sites for hydroxylation is 2. The summed E-state index contributed by atoms with van der Waals surface area (Å²) in [6.07, 6.45) is -1.45. The van der Waals surface area contributed by atoms with E-state index in [9.17, 15) is 18.0 Å². The summed E-state index contributed by atoms with van der Waals surface area (Å²) >= 11 is 4.36. The maximum atomic E-state index is 13.8. The number of nitrogens with zero attached hydrogens (tertiary/aromatic N) is 2. The number of halogens is 3. The average Bonchev–Trinajstić information content (AvgIpc) is 3.43. The van der Waals surface area contributed by atoms with E-state index in [4.69, 9.17) is 9.72 Å². The first kappa shape index (κ1) is 24.3. The molecule has 5 rings (SSSR count). The van der Waals surface area contributed by atoms with Gasteiger partial charge in [-0.1, -0.05) is 30.0 Å². The van der Waals surface area contributed by atoms with E-state index in [1.54, 1.807) is 29.1 Å². The molecule has 4 aromatic rings. The van der Waals surface area contributed by atoms with Crippen molar-refractivity contribution in [1.29, 1.82) is 0 Å². The molecule has 0 aliphatic heterocycles. The van der Waals surface area contributed by atoms with Crippen molar-refractivity contribution >= 4 is 45.1 Å². The lowest BCUT2D eigenvalue weighted by Gasteiger charge is -2.15. The van der Waals surface area contributed by atoms with Gasteiger partial charge in [0.15, 0.2) is 5.16 Å². The summed E-state index contributed by atoms with van der Waals surface area (Å²) in [4.78, 5) is 21.2. The van der Waals surface area contributed by atoms with E-state index in [0.717, 1.165) is 41.8 Å². The van der Waals surface area contributed by atoms with Crippen molar-refractivity contribution in [1.82, 2.24) is 9.55 Å². The summed E-state index contributed by atoms with van der Waals surface area (Å²) in [5.74, 6) is 1.70.